The number of rotatable bonds is 5. The Morgan fingerprint density at radius 1 is 1.03 bits per heavy atom. The second-order valence-corrected chi connectivity index (χ2v) is 9.77. The van der Waals surface area contributed by atoms with Crippen LogP contribution in [0.4, 0.5) is 5.95 Å². The Morgan fingerprint density at radius 2 is 1.74 bits per heavy atom. The summed E-state index contributed by atoms with van der Waals surface area (Å²) in [5.74, 6) is -1.22. The molecule has 1 unspecified atom stereocenters. The van der Waals surface area contributed by atoms with Crippen LogP contribution in [0.15, 0.2) is 64.4 Å². The Bertz CT molecular complexity index is 1770. The summed E-state index contributed by atoms with van der Waals surface area (Å²) in [4.78, 5) is 50.4. The predicted octanol–water partition coefficient (Wildman–Crippen LogP) is 2.77. The van der Waals surface area contributed by atoms with E-state index < -0.39 is 29.1 Å². The van der Waals surface area contributed by atoms with Crippen LogP contribution in [0.2, 0.25) is 0 Å². The lowest BCUT2D eigenvalue weighted by atomic mass is 9.83. The first kappa shape index (κ1) is 24.4. The summed E-state index contributed by atoms with van der Waals surface area (Å²) >= 11 is 0. The Labute approximate surface area is 222 Å². The number of carboxylic acids is 1. The number of hydrogen-bond acceptors (Lipinski definition) is 7. The highest BCUT2D eigenvalue weighted by atomic mass is 16.4. The van der Waals surface area contributed by atoms with Gasteiger partial charge in [0.05, 0.1) is 5.92 Å². The van der Waals surface area contributed by atoms with Crippen LogP contribution in [0, 0.1) is 5.92 Å². The van der Waals surface area contributed by atoms with E-state index in [1.165, 1.54) is 17.0 Å². The van der Waals surface area contributed by atoms with E-state index in [1.54, 1.807) is 29.2 Å². The Hall–Kier alpha value is -4.99. The molecule has 1 aliphatic carbocycles. The number of H-pyrrole nitrogens is 1. The number of benzene rings is 2. The fourth-order valence-corrected chi connectivity index (χ4v) is 5.19. The van der Waals surface area contributed by atoms with Crippen molar-refractivity contribution in [3.8, 4) is 11.6 Å². The van der Waals surface area contributed by atoms with Crippen molar-refractivity contribution < 1.29 is 15.0 Å². The molecule has 10 heteroatoms. The van der Waals surface area contributed by atoms with Crippen LogP contribution in [0.5, 0.6) is 5.75 Å². The fourth-order valence-electron chi connectivity index (χ4n) is 5.19. The van der Waals surface area contributed by atoms with Gasteiger partial charge >= 0.3 is 11.7 Å². The summed E-state index contributed by atoms with van der Waals surface area (Å²) in [5.41, 5.74) is 3.73. The number of carboxylic acid groups (broad SMARTS) is 1. The lowest BCUT2D eigenvalue weighted by Crippen LogP contribution is -2.51. The molecule has 6 rings (SSSR count). The van der Waals surface area contributed by atoms with Gasteiger partial charge in [-0.3, -0.25) is 19.1 Å². The molecule has 2 aromatic heterocycles. The highest BCUT2D eigenvalue weighted by Gasteiger charge is 2.34. The van der Waals surface area contributed by atoms with Crippen LogP contribution >= 0.6 is 0 Å². The molecule has 0 bridgehead atoms. The molecule has 1 saturated heterocycles. The largest absolute Gasteiger partial charge is 0.508 e. The monoisotopic (exact) mass is 523 g/mol. The first-order valence-electron chi connectivity index (χ1n) is 12.6. The maximum atomic E-state index is 13.3. The average molecular weight is 524 g/mol. The van der Waals surface area contributed by atoms with Crippen molar-refractivity contribution in [1.82, 2.24) is 19.5 Å². The quantitative estimate of drug-likeness (QED) is 0.319. The van der Waals surface area contributed by atoms with Crippen molar-refractivity contribution >= 4 is 24.1 Å². The van der Waals surface area contributed by atoms with Gasteiger partial charge in [0.2, 0.25) is 5.95 Å². The summed E-state index contributed by atoms with van der Waals surface area (Å²) in [6, 6.07) is 12.7. The minimum atomic E-state index is -0.873. The number of aliphatic carboxylic acids is 1. The number of aromatic hydroxyl groups is 1. The molecule has 2 aliphatic rings. The molecule has 3 N–H and O–H groups in total. The molecule has 1 atom stereocenters. The van der Waals surface area contributed by atoms with Crippen molar-refractivity contribution in [3.05, 3.63) is 109 Å². The van der Waals surface area contributed by atoms with Gasteiger partial charge in [-0.2, -0.15) is 4.98 Å². The average Bonchev–Trinajstić information content (AvgIpc) is 3.04. The smallest absolute Gasteiger partial charge is 0.334 e. The van der Waals surface area contributed by atoms with Gasteiger partial charge in [0.1, 0.15) is 11.6 Å². The second kappa shape index (κ2) is 9.39. The van der Waals surface area contributed by atoms with Gasteiger partial charge in [0.15, 0.2) is 0 Å². The molecular weight excluding hydrogens is 498 g/mol. The number of hydrogen-bond donors (Lipinski definition) is 3. The SMILES string of the molecule is CCc1ccc2c(c1)C=Cc1cc(O)ccc1C2c1cn(-c2ccnc(N3CC(C(=O)O)C3)n2)c(=O)[nH]c1=O. The molecule has 10 nitrogen and oxygen atoms in total. The molecule has 0 saturated carbocycles. The maximum Gasteiger partial charge on any atom is 0.334 e. The minimum absolute atomic E-state index is 0.112. The maximum absolute atomic E-state index is 13.3. The van der Waals surface area contributed by atoms with Gasteiger partial charge in [0, 0.05) is 43.0 Å². The van der Waals surface area contributed by atoms with Gasteiger partial charge in [-0.15, -0.1) is 0 Å². The summed E-state index contributed by atoms with van der Waals surface area (Å²) < 4.78 is 1.27. The number of nitrogens with one attached hydrogen (secondary N) is 1. The van der Waals surface area contributed by atoms with E-state index >= 15 is 0 Å². The van der Waals surface area contributed by atoms with Crippen molar-refractivity contribution in [1.29, 1.82) is 0 Å². The second-order valence-electron chi connectivity index (χ2n) is 9.77. The first-order valence-corrected chi connectivity index (χ1v) is 12.6. The third-order valence-corrected chi connectivity index (χ3v) is 7.36. The number of nitrogens with zero attached hydrogens (tertiary/aromatic N) is 4. The third kappa shape index (κ3) is 4.29. The zero-order chi connectivity index (χ0) is 27.3. The topological polar surface area (TPSA) is 141 Å². The number of aryl methyl sites for hydroxylation is 1. The fraction of sp³-hybridized carbons (Fsp3) is 0.207. The molecule has 3 heterocycles. The normalized spacial score (nSPS) is 16.2. The van der Waals surface area contributed by atoms with Crippen molar-refractivity contribution in [2.24, 2.45) is 5.92 Å². The van der Waals surface area contributed by atoms with E-state index in [4.69, 9.17) is 0 Å². The molecule has 0 amide bonds. The van der Waals surface area contributed by atoms with E-state index in [0.717, 1.165) is 34.2 Å². The number of phenolic OH excluding ortho intramolecular Hbond substituents is 1. The lowest BCUT2D eigenvalue weighted by Gasteiger charge is -2.36. The van der Waals surface area contributed by atoms with E-state index in [0.29, 0.717) is 11.5 Å². The zero-order valence-electron chi connectivity index (χ0n) is 21.0. The van der Waals surface area contributed by atoms with E-state index in [9.17, 15) is 24.6 Å². The van der Waals surface area contributed by atoms with Gasteiger partial charge in [0.25, 0.3) is 5.56 Å². The molecule has 1 fully saturated rings. The molecule has 0 radical (unpaired) electrons. The Balaban J connectivity index is 1.49. The van der Waals surface area contributed by atoms with Crippen LogP contribution in [0.25, 0.3) is 18.0 Å². The van der Waals surface area contributed by atoms with Crippen LogP contribution in [-0.2, 0) is 11.2 Å². The number of aromatic amines is 1. The molecular formula is C29H25N5O5. The summed E-state index contributed by atoms with van der Waals surface area (Å²) in [7, 11) is 0. The Kier molecular flexibility index (Phi) is 5.86. The van der Waals surface area contributed by atoms with Gasteiger partial charge < -0.3 is 15.1 Å². The number of phenols is 1. The number of anilines is 1. The van der Waals surface area contributed by atoms with Crippen molar-refractivity contribution in [2.45, 2.75) is 19.3 Å². The van der Waals surface area contributed by atoms with Gasteiger partial charge in [-0.1, -0.05) is 43.3 Å². The Morgan fingerprint density at radius 3 is 2.46 bits per heavy atom. The molecule has 2 aromatic carbocycles. The molecule has 1 aliphatic heterocycles. The van der Waals surface area contributed by atoms with E-state index in [1.807, 2.05) is 24.3 Å². The highest BCUT2D eigenvalue weighted by Crippen LogP contribution is 2.39. The standard InChI is InChI=1S/C29H25N5O5/c1-2-16-3-7-21-17(11-16)4-5-18-12-20(35)6-8-22(18)25(21)23-15-34(29(39)32-26(23)36)24-9-10-30-28(31-24)33-13-19(14-33)27(37)38/h3-12,15,19,25,35H,2,13-14H2,1H3,(H,37,38)(H,32,36,39). The minimum Gasteiger partial charge on any atom is -0.508 e. The van der Waals surface area contributed by atoms with Crippen LogP contribution in [-0.4, -0.2) is 48.8 Å². The molecule has 0 spiro atoms. The number of carbonyl (C=O) groups is 1. The van der Waals surface area contributed by atoms with Crippen LogP contribution < -0.4 is 16.1 Å². The van der Waals surface area contributed by atoms with Crippen LogP contribution in [0.1, 0.15) is 46.2 Å². The van der Waals surface area contributed by atoms with Crippen molar-refractivity contribution in [2.75, 3.05) is 18.0 Å². The third-order valence-electron chi connectivity index (χ3n) is 7.36. The molecule has 4 aromatic rings. The molecule has 196 valence electrons. The lowest BCUT2D eigenvalue weighted by molar-refractivity contribution is -0.142. The first-order chi connectivity index (χ1) is 18.8. The van der Waals surface area contributed by atoms with Crippen molar-refractivity contribution in [3.63, 3.8) is 0 Å². The highest BCUT2D eigenvalue weighted by molar-refractivity contribution is 5.78. The summed E-state index contributed by atoms with van der Waals surface area (Å²) in [5, 5.41) is 19.4. The van der Waals surface area contributed by atoms with E-state index in [2.05, 4.69) is 27.9 Å². The van der Waals surface area contributed by atoms with Crippen LogP contribution in [0.3, 0.4) is 0 Å². The zero-order valence-corrected chi connectivity index (χ0v) is 21.0. The number of fused-ring (bicyclic) bond motifs is 2. The summed E-state index contributed by atoms with van der Waals surface area (Å²) in [6.07, 6.45) is 7.76. The van der Waals surface area contributed by atoms with E-state index in [-0.39, 0.29) is 24.7 Å². The molecule has 39 heavy (non-hydrogen) atoms. The van der Waals surface area contributed by atoms with Gasteiger partial charge in [-0.25, -0.2) is 9.78 Å². The number of aromatic nitrogens is 4. The summed E-state index contributed by atoms with van der Waals surface area (Å²) in [6.45, 7) is 2.63. The van der Waals surface area contributed by atoms with Gasteiger partial charge in [-0.05, 0) is 46.4 Å². The predicted molar refractivity (Wildman–Crippen MR) is 145 cm³/mol.